The van der Waals surface area contributed by atoms with Crippen LogP contribution in [-0.2, 0) is 6.42 Å². The Balaban J connectivity index is 1.66. The maximum atomic E-state index is 12.1. The van der Waals surface area contributed by atoms with Crippen LogP contribution in [0.15, 0.2) is 18.2 Å². The zero-order chi connectivity index (χ0) is 13.2. The Hall–Kier alpha value is -1.75. The quantitative estimate of drug-likeness (QED) is 0.808. The van der Waals surface area contributed by atoms with Crippen LogP contribution in [-0.4, -0.2) is 41.8 Å². The zero-order valence-corrected chi connectivity index (χ0v) is 10.8. The van der Waals surface area contributed by atoms with E-state index in [0.717, 1.165) is 36.3 Å². The zero-order valence-electron chi connectivity index (χ0n) is 10.8. The average molecular weight is 262 g/mol. The molecule has 0 saturated carbocycles. The van der Waals surface area contributed by atoms with Gasteiger partial charge in [0, 0.05) is 25.2 Å². The Morgan fingerprint density at radius 2 is 2.37 bits per heavy atom. The van der Waals surface area contributed by atoms with Crippen molar-refractivity contribution in [3.63, 3.8) is 0 Å². The Morgan fingerprint density at radius 3 is 3.21 bits per heavy atom. The third-order valence-electron chi connectivity index (χ3n) is 3.62. The number of likely N-dealkylation sites (tertiary alicyclic amines) is 1. The van der Waals surface area contributed by atoms with Gasteiger partial charge >= 0.3 is 6.03 Å². The molecule has 2 aliphatic rings. The Bertz CT molecular complexity index is 490. The molecule has 0 radical (unpaired) electrons. The molecular formula is C14H18N2O3. The molecule has 19 heavy (non-hydrogen) atoms. The third kappa shape index (κ3) is 2.66. The van der Waals surface area contributed by atoms with Gasteiger partial charge in [0.05, 0.1) is 12.7 Å². The predicted octanol–water partition coefficient (Wildman–Crippen LogP) is 1.61. The molecule has 0 bridgehead atoms. The molecule has 2 aliphatic heterocycles. The minimum atomic E-state index is -0.395. The number of carbonyl (C=O) groups is 1. The average Bonchev–Trinajstić information content (AvgIpc) is 2.86. The fraction of sp³-hybridized carbons (Fsp3) is 0.500. The van der Waals surface area contributed by atoms with Crippen molar-refractivity contribution in [3.8, 4) is 5.75 Å². The van der Waals surface area contributed by atoms with E-state index in [1.54, 1.807) is 4.90 Å². The number of fused-ring (bicyclic) bond motifs is 1. The number of rotatable bonds is 1. The molecule has 0 unspecified atom stereocenters. The van der Waals surface area contributed by atoms with Crippen molar-refractivity contribution < 1.29 is 14.6 Å². The molecule has 102 valence electrons. The summed E-state index contributed by atoms with van der Waals surface area (Å²) in [7, 11) is 0. The molecule has 0 spiro atoms. The highest BCUT2D eigenvalue weighted by molar-refractivity contribution is 5.89. The molecule has 0 aromatic heterocycles. The summed E-state index contributed by atoms with van der Waals surface area (Å²) in [5.74, 6) is 0.909. The first-order valence-electron chi connectivity index (χ1n) is 6.72. The van der Waals surface area contributed by atoms with E-state index in [0.29, 0.717) is 19.7 Å². The van der Waals surface area contributed by atoms with Crippen LogP contribution in [0.3, 0.4) is 0 Å². The summed E-state index contributed by atoms with van der Waals surface area (Å²) in [6, 6.07) is 5.56. The molecule has 2 amide bonds. The minimum Gasteiger partial charge on any atom is -0.493 e. The van der Waals surface area contributed by atoms with Gasteiger partial charge in [-0.15, -0.1) is 0 Å². The van der Waals surface area contributed by atoms with Crippen LogP contribution >= 0.6 is 0 Å². The number of urea groups is 1. The molecule has 3 rings (SSSR count). The molecule has 1 saturated heterocycles. The number of hydrogen-bond acceptors (Lipinski definition) is 3. The molecule has 5 heteroatoms. The number of piperidine rings is 1. The molecule has 1 fully saturated rings. The first-order chi connectivity index (χ1) is 9.22. The van der Waals surface area contributed by atoms with Crippen molar-refractivity contribution in [1.29, 1.82) is 0 Å². The van der Waals surface area contributed by atoms with E-state index in [1.807, 2.05) is 18.2 Å². The van der Waals surface area contributed by atoms with Gasteiger partial charge < -0.3 is 20.1 Å². The number of aliphatic hydroxyl groups is 1. The van der Waals surface area contributed by atoms with Gasteiger partial charge in [-0.05, 0) is 36.6 Å². The van der Waals surface area contributed by atoms with Crippen molar-refractivity contribution in [3.05, 3.63) is 23.8 Å². The molecule has 5 nitrogen and oxygen atoms in total. The lowest BCUT2D eigenvalue weighted by Gasteiger charge is -2.30. The summed E-state index contributed by atoms with van der Waals surface area (Å²) in [4.78, 5) is 13.8. The summed E-state index contributed by atoms with van der Waals surface area (Å²) < 4.78 is 5.43. The van der Waals surface area contributed by atoms with Gasteiger partial charge in [-0.1, -0.05) is 0 Å². The fourth-order valence-electron chi connectivity index (χ4n) is 2.61. The van der Waals surface area contributed by atoms with Gasteiger partial charge in [-0.3, -0.25) is 0 Å². The lowest BCUT2D eigenvalue weighted by Crippen LogP contribution is -2.44. The van der Waals surface area contributed by atoms with E-state index in [-0.39, 0.29) is 6.03 Å². The summed E-state index contributed by atoms with van der Waals surface area (Å²) in [6.45, 7) is 1.84. The SMILES string of the molecule is O=C(Nc1ccc2c(c1)CCO2)N1CCC[C@@H](O)C1. The number of β-amino-alcohol motifs (C(OH)–C–C–N with tert-alkyl or cyclic N) is 1. The summed E-state index contributed by atoms with van der Waals surface area (Å²) in [5, 5.41) is 12.5. The highest BCUT2D eigenvalue weighted by Gasteiger charge is 2.22. The third-order valence-corrected chi connectivity index (χ3v) is 3.62. The number of hydrogen-bond donors (Lipinski definition) is 2. The lowest BCUT2D eigenvalue weighted by molar-refractivity contribution is 0.0883. The van der Waals surface area contributed by atoms with E-state index < -0.39 is 6.10 Å². The second kappa shape index (κ2) is 5.09. The van der Waals surface area contributed by atoms with Crippen LogP contribution in [0.4, 0.5) is 10.5 Å². The molecule has 1 aromatic carbocycles. The molecule has 1 aromatic rings. The van der Waals surface area contributed by atoms with Gasteiger partial charge in [-0.2, -0.15) is 0 Å². The molecule has 2 heterocycles. The molecule has 1 atom stereocenters. The number of anilines is 1. The van der Waals surface area contributed by atoms with Crippen LogP contribution < -0.4 is 10.1 Å². The van der Waals surface area contributed by atoms with Crippen molar-refractivity contribution in [2.45, 2.75) is 25.4 Å². The highest BCUT2D eigenvalue weighted by Crippen LogP contribution is 2.28. The number of ether oxygens (including phenoxy) is 1. The van der Waals surface area contributed by atoms with Gasteiger partial charge in [0.15, 0.2) is 0 Å². The second-order valence-corrected chi connectivity index (χ2v) is 5.09. The topological polar surface area (TPSA) is 61.8 Å². The number of nitrogens with zero attached hydrogens (tertiary/aromatic N) is 1. The Kier molecular flexibility index (Phi) is 3.29. The molecule has 0 aliphatic carbocycles. The van der Waals surface area contributed by atoms with Crippen LogP contribution in [0.5, 0.6) is 5.75 Å². The van der Waals surface area contributed by atoms with E-state index >= 15 is 0 Å². The monoisotopic (exact) mass is 262 g/mol. The van der Waals surface area contributed by atoms with Crippen molar-refractivity contribution in [2.24, 2.45) is 0 Å². The Morgan fingerprint density at radius 1 is 1.47 bits per heavy atom. The number of nitrogens with one attached hydrogen (secondary N) is 1. The maximum Gasteiger partial charge on any atom is 0.321 e. The summed E-state index contributed by atoms with van der Waals surface area (Å²) in [6.07, 6.45) is 2.13. The molecule has 2 N–H and O–H groups in total. The Labute approximate surface area is 112 Å². The first kappa shape index (κ1) is 12.3. The standard InChI is InChI=1S/C14H18N2O3/c17-12-2-1-6-16(9-12)14(18)15-11-3-4-13-10(8-11)5-7-19-13/h3-4,8,12,17H,1-2,5-7,9H2,(H,15,18)/t12-/m1/s1. The first-order valence-corrected chi connectivity index (χ1v) is 6.72. The normalized spacial score (nSPS) is 21.7. The van der Waals surface area contributed by atoms with Crippen LogP contribution in [0.25, 0.3) is 0 Å². The maximum absolute atomic E-state index is 12.1. The van der Waals surface area contributed by atoms with Crippen molar-refractivity contribution in [1.82, 2.24) is 4.90 Å². The highest BCUT2D eigenvalue weighted by atomic mass is 16.5. The van der Waals surface area contributed by atoms with Crippen LogP contribution in [0.2, 0.25) is 0 Å². The van der Waals surface area contributed by atoms with Gasteiger partial charge in [0.25, 0.3) is 0 Å². The number of benzene rings is 1. The largest absolute Gasteiger partial charge is 0.493 e. The number of amides is 2. The van der Waals surface area contributed by atoms with Gasteiger partial charge in [0.1, 0.15) is 5.75 Å². The van der Waals surface area contributed by atoms with E-state index in [4.69, 9.17) is 4.74 Å². The minimum absolute atomic E-state index is 0.141. The smallest absolute Gasteiger partial charge is 0.321 e. The predicted molar refractivity (Wildman–Crippen MR) is 71.5 cm³/mol. The van der Waals surface area contributed by atoms with E-state index in [1.165, 1.54) is 0 Å². The summed E-state index contributed by atoms with van der Waals surface area (Å²) >= 11 is 0. The van der Waals surface area contributed by atoms with E-state index in [2.05, 4.69) is 5.32 Å². The lowest BCUT2D eigenvalue weighted by atomic mass is 10.1. The summed E-state index contributed by atoms with van der Waals surface area (Å²) in [5.41, 5.74) is 1.92. The fourth-order valence-corrected chi connectivity index (χ4v) is 2.61. The number of aliphatic hydroxyl groups excluding tert-OH is 1. The van der Waals surface area contributed by atoms with Gasteiger partial charge in [0.2, 0.25) is 0 Å². The van der Waals surface area contributed by atoms with Gasteiger partial charge in [-0.25, -0.2) is 4.79 Å². The second-order valence-electron chi connectivity index (χ2n) is 5.09. The van der Waals surface area contributed by atoms with Crippen LogP contribution in [0, 0.1) is 0 Å². The number of carbonyl (C=O) groups excluding carboxylic acids is 1. The molecular weight excluding hydrogens is 244 g/mol. The van der Waals surface area contributed by atoms with Crippen molar-refractivity contribution in [2.75, 3.05) is 25.0 Å². The van der Waals surface area contributed by atoms with E-state index in [9.17, 15) is 9.90 Å². The van der Waals surface area contributed by atoms with Crippen molar-refractivity contribution >= 4 is 11.7 Å². The van der Waals surface area contributed by atoms with Crippen LogP contribution in [0.1, 0.15) is 18.4 Å².